The first-order valence-corrected chi connectivity index (χ1v) is 6.91. The van der Waals surface area contributed by atoms with E-state index < -0.39 is 0 Å². The third-order valence-electron chi connectivity index (χ3n) is 4.51. The van der Waals surface area contributed by atoms with Gasteiger partial charge in [0, 0.05) is 30.6 Å². The zero-order chi connectivity index (χ0) is 13.6. The second-order valence-corrected chi connectivity index (χ2v) is 6.27. The fourth-order valence-corrected chi connectivity index (χ4v) is 2.81. The molecular formula is C14H21N3O2. The number of ether oxygens (including phenoxy) is 1. The molecule has 0 radical (unpaired) electrons. The van der Waals surface area contributed by atoms with E-state index in [4.69, 9.17) is 4.74 Å². The van der Waals surface area contributed by atoms with Crippen molar-refractivity contribution in [2.45, 2.75) is 51.2 Å². The number of anilines is 1. The molecule has 104 valence electrons. The fraction of sp³-hybridized carbons (Fsp3) is 0.714. The summed E-state index contributed by atoms with van der Waals surface area (Å²) in [5, 5.41) is 3.39. The molecule has 2 saturated carbocycles. The molecular weight excluding hydrogens is 242 g/mol. The average molecular weight is 263 g/mol. The van der Waals surface area contributed by atoms with E-state index >= 15 is 0 Å². The van der Waals surface area contributed by atoms with Crippen LogP contribution < -0.4 is 10.9 Å². The highest BCUT2D eigenvalue weighted by Crippen LogP contribution is 2.44. The molecule has 1 aromatic heterocycles. The molecule has 2 fully saturated rings. The van der Waals surface area contributed by atoms with Crippen LogP contribution in [0.5, 0.6) is 0 Å². The normalized spacial score (nSPS) is 28.8. The number of nitrogens with zero attached hydrogens (tertiary/aromatic N) is 1. The maximum atomic E-state index is 11.7. The molecule has 0 aliphatic heterocycles. The number of hydrogen-bond donors (Lipinski definition) is 2. The smallest absolute Gasteiger partial charge is 0.252 e. The number of methoxy groups -OCH3 is 1. The lowest BCUT2D eigenvalue weighted by molar-refractivity contribution is -0.0795. The molecule has 19 heavy (non-hydrogen) atoms. The van der Waals surface area contributed by atoms with E-state index in [1.807, 2.05) is 0 Å². The summed E-state index contributed by atoms with van der Waals surface area (Å²) >= 11 is 0. The molecule has 0 amide bonds. The quantitative estimate of drug-likeness (QED) is 0.870. The molecule has 2 N–H and O–H groups in total. The molecule has 2 aliphatic carbocycles. The van der Waals surface area contributed by atoms with Crippen molar-refractivity contribution in [1.82, 2.24) is 9.97 Å². The van der Waals surface area contributed by atoms with Gasteiger partial charge in [0.15, 0.2) is 0 Å². The second kappa shape index (κ2) is 4.34. The molecule has 2 aliphatic rings. The fourth-order valence-electron chi connectivity index (χ4n) is 2.81. The topological polar surface area (TPSA) is 67.0 Å². The highest BCUT2D eigenvalue weighted by Gasteiger charge is 2.48. The van der Waals surface area contributed by atoms with Crippen molar-refractivity contribution in [3.63, 3.8) is 0 Å². The van der Waals surface area contributed by atoms with Gasteiger partial charge in [0.05, 0.1) is 6.10 Å². The highest BCUT2D eigenvalue weighted by atomic mass is 16.5. The Morgan fingerprint density at radius 3 is 2.79 bits per heavy atom. The molecule has 3 rings (SSSR count). The molecule has 5 nitrogen and oxygen atoms in total. The zero-order valence-electron chi connectivity index (χ0n) is 11.7. The van der Waals surface area contributed by atoms with E-state index in [2.05, 4.69) is 29.1 Å². The van der Waals surface area contributed by atoms with Crippen molar-refractivity contribution in [3.8, 4) is 0 Å². The van der Waals surface area contributed by atoms with Crippen LogP contribution in [-0.2, 0) is 4.74 Å². The molecule has 0 saturated heterocycles. The Morgan fingerprint density at radius 2 is 2.21 bits per heavy atom. The summed E-state index contributed by atoms with van der Waals surface area (Å²) in [6.45, 7) is 4.36. The van der Waals surface area contributed by atoms with Crippen LogP contribution in [0.15, 0.2) is 10.9 Å². The molecule has 0 aromatic carbocycles. The van der Waals surface area contributed by atoms with Crippen LogP contribution >= 0.6 is 0 Å². The predicted molar refractivity (Wildman–Crippen MR) is 73.4 cm³/mol. The third-order valence-corrected chi connectivity index (χ3v) is 4.51. The van der Waals surface area contributed by atoms with Crippen LogP contribution in [0.25, 0.3) is 0 Å². The van der Waals surface area contributed by atoms with Crippen molar-refractivity contribution >= 4 is 5.82 Å². The SMILES string of the molecule is COC1CC(Nc2cc(=O)[nH]c(C3CC3)n2)C1(C)C. The number of hydrogen-bond acceptors (Lipinski definition) is 4. The molecule has 0 bridgehead atoms. The Bertz CT molecular complexity index is 534. The van der Waals surface area contributed by atoms with Gasteiger partial charge in [-0.05, 0) is 19.3 Å². The Kier molecular flexibility index (Phi) is 2.89. The monoisotopic (exact) mass is 263 g/mol. The van der Waals surface area contributed by atoms with Crippen molar-refractivity contribution < 1.29 is 4.74 Å². The van der Waals surface area contributed by atoms with Crippen LogP contribution in [0.4, 0.5) is 5.82 Å². The molecule has 0 spiro atoms. The Balaban J connectivity index is 1.75. The largest absolute Gasteiger partial charge is 0.381 e. The number of rotatable bonds is 4. The lowest BCUT2D eigenvalue weighted by Crippen LogP contribution is -2.57. The first-order valence-electron chi connectivity index (χ1n) is 6.91. The van der Waals surface area contributed by atoms with Gasteiger partial charge in [-0.25, -0.2) is 4.98 Å². The standard InChI is InChI=1S/C14H21N3O2/c1-14(2)9(6-10(14)19-3)15-11-7-12(18)17-13(16-11)8-4-5-8/h7-10H,4-6H2,1-3H3,(H2,15,16,17,18). The summed E-state index contributed by atoms with van der Waals surface area (Å²) in [6.07, 6.45) is 3.49. The summed E-state index contributed by atoms with van der Waals surface area (Å²) in [5.74, 6) is 1.98. The van der Waals surface area contributed by atoms with Gasteiger partial charge >= 0.3 is 0 Å². The number of aromatic nitrogens is 2. The molecule has 2 atom stereocenters. The van der Waals surface area contributed by atoms with Gasteiger partial charge in [-0.15, -0.1) is 0 Å². The minimum absolute atomic E-state index is 0.0682. The van der Waals surface area contributed by atoms with Crippen LogP contribution in [-0.4, -0.2) is 29.2 Å². The Labute approximate surface area is 112 Å². The third kappa shape index (κ3) is 2.27. The van der Waals surface area contributed by atoms with E-state index in [0.717, 1.165) is 25.1 Å². The lowest BCUT2D eigenvalue weighted by atomic mass is 9.64. The van der Waals surface area contributed by atoms with Crippen LogP contribution in [0.1, 0.15) is 44.9 Å². The van der Waals surface area contributed by atoms with Gasteiger partial charge in [-0.1, -0.05) is 13.8 Å². The van der Waals surface area contributed by atoms with Crippen molar-refractivity contribution in [3.05, 3.63) is 22.2 Å². The summed E-state index contributed by atoms with van der Waals surface area (Å²) in [7, 11) is 1.75. The van der Waals surface area contributed by atoms with E-state index in [9.17, 15) is 4.79 Å². The van der Waals surface area contributed by atoms with Gasteiger partial charge in [-0.3, -0.25) is 4.79 Å². The summed E-state index contributed by atoms with van der Waals surface area (Å²) < 4.78 is 5.44. The van der Waals surface area contributed by atoms with Crippen LogP contribution in [0.2, 0.25) is 0 Å². The first-order chi connectivity index (χ1) is 9.00. The maximum absolute atomic E-state index is 11.7. The summed E-state index contributed by atoms with van der Waals surface area (Å²) in [5.41, 5.74) is -0.00138. The molecule has 1 aromatic rings. The minimum atomic E-state index is -0.0696. The van der Waals surface area contributed by atoms with Crippen molar-refractivity contribution in [2.75, 3.05) is 12.4 Å². The van der Waals surface area contributed by atoms with Crippen molar-refractivity contribution in [1.29, 1.82) is 0 Å². The van der Waals surface area contributed by atoms with Gasteiger partial charge < -0.3 is 15.0 Å². The van der Waals surface area contributed by atoms with E-state index in [0.29, 0.717) is 17.8 Å². The molecule has 5 heteroatoms. The Morgan fingerprint density at radius 1 is 1.47 bits per heavy atom. The number of H-pyrrole nitrogens is 1. The van der Waals surface area contributed by atoms with E-state index in [-0.39, 0.29) is 17.1 Å². The average Bonchev–Trinajstić information content (AvgIpc) is 3.17. The highest BCUT2D eigenvalue weighted by molar-refractivity contribution is 5.37. The zero-order valence-corrected chi connectivity index (χ0v) is 11.7. The van der Waals surface area contributed by atoms with E-state index in [1.54, 1.807) is 13.2 Å². The lowest BCUT2D eigenvalue weighted by Gasteiger charge is -2.51. The summed E-state index contributed by atoms with van der Waals surface area (Å²) in [4.78, 5) is 19.0. The maximum Gasteiger partial charge on any atom is 0.252 e. The number of nitrogens with one attached hydrogen (secondary N) is 2. The first kappa shape index (κ1) is 12.7. The summed E-state index contributed by atoms with van der Waals surface area (Å²) in [6, 6.07) is 1.85. The van der Waals surface area contributed by atoms with E-state index in [1.165, 1.54) is 0 Å². The van der Waals surface area contributed by atoms with Gasteiger partial charge in [0.2, 0.25) is 0 Å². The molecule has 1 heterocycles. The van der Waals surface area contributed by atoms with Gasteiger partial charge in [0.1, 0.15) is 11.6 Å². The van der Waals surface area contributed by atoms with Crippen LogP contribution in [0, 0.1) is 5.41 Å². The number of aromatic amines is 1. The van der Waals surface area contributed by atoms with Crippen molar-refractivity contribution in [2.24, 2.45) is 5.41 Å². The Hall–Kier alpha value is -1.36. The second-order valence-electron chi connectivity index (χ2n) is 6.27. The van der Waals surface area contributed by atoms with Gasteiger partial charge in [-0.2, -0.15) is 0 Å². The molecule has 2 unspecified atom stereocenters. The minimum Gasteiger partial charge on any atom is -0.381 e. The van der Waals surface area contributed by atoms with Gasteiger partial charge in [0.25, 0.3) is 5.56 Å². The van der Waals surface area contributed by atoms with Crippen LogP contribution in [0.3, 0.4) is 0 Å². The predicted octanol–water partition coefficient (Wildman–Crippen LogP) is 1.87.